The summed E-state index contributed by atoms with van der Waals surface area (Å²) in [4.78, 5) is 11.9. The van der Waals surface area contributed by atoms with E-state index in [1.807, 2.05) is 54.6 Å². The fourth-order valence-corrected chi connectivity index (χ4v) is 2.26. The number of para-hydroxylation sites is 1. The molecule has 0 atom stereocenters. The Morgan fingerprint density at radius 1 is 1.09 bits per heavy atom. The van der Waals surface area contributed by atoms with Crippen LogP contribution in [-0.4, -0.2) is 13.1 Å². The normalized spacial score (nSPS) is 10.6. The van der Waals surface area contributed by atoms with Gasteiger partial charge < -0.3 is 13.9 Å². The number of hydrogen-bond donors (Lipinski definition) is 0. The van der Waals surface area contributed by atoms with Crippen molar-refractivity contribution >= 4 is 16.9 Å². The van der Waals surface area contributed by atoms with E-state index in [1.165, 1.54) is 0 Å². The molecule has 0 bridgehead atoms. The molecule has 0 aliphatic heterocycles. The number of esters is 1. The van der Waals surface area contributed by atoms with Crippen molar-refractivity contribution in [3.05, 3.63) is 65.9 Å². The van der Waals surface area contributed by atoms with E-state index < -0.39 is 0 Å². The lowest BCUT2D eigenvalue weighted by molar-refractivity contribution is -0.144. The first-order valence-corrected chi connectivity index (χ1v) is 7.00. The summed E-state index contributed by atoms with van der Waals surface area (Å²) in [6, 6.07) is 16.9. The average Bonchev–Trinajstić information content (AvgIpc) is 2.96. The van der Waals surface area contributed by atoms with Gasteiger partial charge in [0, 0.05) is 5.39 Å². The van der Waals surface area contributed by atoms with Gasteiger partial charge in [0.1, 0.15) is 23.7 Å². The Hall–Kier alpha value is -2.75. The topological polar surface area (TPSA) is 48.7 Å². The van der Waals surface area contributed by atoms with Crippen LogP contribution in [0.25, 0.3) is 11.0 Å². The van der Waals surface area contributed by atoms with Gasteiger partial charge in [0.25, 0.3) is 0 Å². The van der Waals surface area contributed by atoms with Crippen molar-refractivity contribution in [3.63, 3.8) is 0 Å². The minimum Gasteiger partial charge on any atom is -0.497 e. The van der Waals surface area contributed by atoms with E-state index in [0.717, 1.165) is 22.3 Å². The van der Waals surface area contributed by atoms with E-state index >= 15 is 0 Å². The molecular formula is C18H16O4. The number of furan rings is 1. The maximum atomic E-state index is 11.9. The molecule has 0 unspecified atom stereocenters. The number of ether oxygens (including phenoxy) is 2. The summed E-state index contributed by atoms with van der Waals surface area (Å²) < 4.78 is 16.0. The Bertz CT molecular complexity index is 755. The zero-order chi connectivity index (χ0) is 15.4. The lowest BCUT2D eigenvalue weighted by atomic mass is 10.1. The standard InChI is InChI=1S/C18H16O4/c1-20-15-7-4-5-13(9-15)10-18(19)21-12-16-11-14-6-2-3-8-17(14)22-16/h2-9,11H,10,12H2,1H3. The van der Waals surface area contributed by atoms with Crippen molar-refractivity contribution in [2.24, 2.45) is 0 Å². The molecule has 112 valence electrons. The molecule has 3 rings (SSSR count). The molecule has 0 N–H and O–H groups in total. The lowest BCUT2D eigenvalue weighted by Gasteiger charge is -2.05. The van der Waals surface area contributed by atoms with Gasteiger partial charge in [0.2, 0.25) is 0 Å². The zero-order valence-electron chi connectivity index (χ0n) is 12.2. The highest BCUT2D eigenvalue weighted by Crippen LogP contribution is 2.19. The quantitative estimate of drug-likeness (QED) is 0.673. The maximum Gasteiger partial charge on any atom is 0.310 e. The van der Waals surface area contributed by atoms with Crippen LogP contribution in [0.5, 0.6) is 5.75 Å². The zero-order valence-corrected chi connectivity index (χ0v) is 12.2. The van der Waals surface area contributed by atoms with Crippen molar-refractivity contribution < 1.29 is 18.7 Å². The number of hydrogen-bond acceptors (Lipinski definition) is 4. The number of rotatable bonds is 5. The summed E-state index contributed by atoms with van der Waals surface area (Å²) in [5, 5.41) is 1.00. The second kappa shape index (κ2) is 6.35. The van der Waals surface area contributed by atoms with Gasteiger partial charge in [0.15, 0.2) is 0 Å². The molecule has 0 aliphatic carbocycles. The minimum absolute atomic E-state index is 0.136. The Kier molecular flexibility index (Phi) is 4.10. The fraction of sp³-hybridized carbons (Fsp3) is 0.167. The summed E-state index contributed by atoms with van der Waals surface area (Å²) in [5.41, 5.74) is 1.65. The summed E-state index contributed by atoms with van der Waals surface area (Å²) in [6.45, 7) is 0.136. The van der Waals surface area contributed by atoms with Crippen LogP contribution >= 0.6 is 0 Å². The molecule has 2 aromatic carbocycles. The molecule has 4 heteroatoms. The molecule has 4 nitrogen and oxygen atoms in total. The third kappa shape index (κ3) is 3.28. The average molecular weight is 296 g/mol. The third-order valence-corrected chi connectivity index (χ3v) is 3.33. The Labute approximate surface area is 128 Å². The van der Waals surface area contributed by atoms with Gasteiger partial charge in [0.05, 0.1) is 13.5 Å². The van der Waals surface area contributed by atoms with Gasteiger partial charge >= 0.3 is 5.97 Å². The highest BCUT2D eigenvalue weighted by Gasteiger charge is 2.09. The Balaban J connectivity index is 1.59. The van der Waals surface area contributed by atoms with E-state index in [1.54, 1.807) is 7.11 Å². The van der Waals surface area contributed by atoms with Gasteiger partial charge in [-0.2, -0.15) is 0 Å². The third-order valence-electron chi connectivity index (χ3n) is 3.33. The largest absolute Gasteiger partial charge is 0.497 e. The highest BCUT2D eigenvalue weighted by atomic mass is 16.5. The highest BCUT2D eigenvalue weighted by molar-refractivity contribution is 5.78. The van der Waals surface area contributed by atoms with E-state index in [9.17, 15) is 4.79 Å². The van der Waals surface area contributed by atoms with Crippen LogP contribution in [0.3, 0.4) is 0 Å². The first-order valence-electron chi connectivity index (χ1n) is 7.00. The molecule has 22 heavy (non-hydrogen) atoms. The van der Waals surface area contributed by atoms with Crippen LogP contribution in [0, 0.1) is 0 Å². The molecular weight excluding hydrogens is 280 g/mol. The summed E-state index contributed by atoms with van der Waals surface area (Å²) in [5.74, 6) is 1.07. The van der Waals surface area contributed by atoms with Crippen molar-refractivity contribution in [2.75, 3.05) is 7.11 Å². The van der Waals surface area contributed by atoms with Crippen LogP contribution in [-0.2, 0) is 22.6 Å². The van der Waals surface area contributed by atoms with Crippen LogP contribution in [0.15, 0.2) is 59.0 Å². The monoisotopic (exact) mass is 296 g/mol. The summed E-state index contributed by atoms with van der Waals surface area (Å²) in [7, 11) is 1.60. The van der Waals surface area contributed by atoms with Crippen molar-refractivity contribution in [3.8, 4) is 5.75 Å². The van der Waals surface area contributed by atoms with Crippen LogP contribution in [0.1, 0.15) is 11.3 Å². The second-order valence-electron chi connectivity index (χ2n) is 4.94. The molecule has 3 aromatic rings. The summed E-state index contributed by atoms with van der Waals surface area (Å²) >= 11 is 0. The van der Waals surface area contributed by atoms with Crippen LogP contribution in [0.2, 0.25) is 0 Å². The smallest absolute Gasteiger partial charge is 0.310 e. The van der Waals surface area contributed by atoms with E-state index in [2.05, 4.69) is 0 Å². The lowest BCUT2D eigenvalue weighted by Crippen LogP contribution is -2.07. The van der Waals surface area contributed by atoms with Crippen molar-refractivity contribution in [2.45, 2.75) is 13.0 Å². The van der Waals surface area contributed by atoms with E-state index in [0.29, 0.717) is 5.76 Å². The van der Waals surface area contributed by atoms with Gasteiger partial charge in [-0.3, -0.25) is 4.79 Å². The van der Waals surface area contributed by atoms with Gasteiger partial charge in [-0.1, -0.05) is 30.3 Å². The van der Waals surface area contributed by atoms with Gasteiger partial charge in [-0.05, 0) is 29.8 Å². The number of fused-ring (bicyclic) bond motifs is 1. The predicted octanol–water partition coefficient (Wildman–Crippen LogP) is 3.73. The molecule has 0 spiro atoms. The molecule has 1 aromatic heterocycles. The van der Waals surface area contributed by atoms with Crippen LogP contribution in [0.4, 0.5) is 0 Å². The molecule has 1 heterocycles. The fourth-order valence-electron chi connectivity index (χ4n) is 2.26. The summed E-state index contributed by atoms with van der Waals surface area (Å²) in [6.07, 6.45) is 0.206. The molecule has 0 aliphatic rings. The predicted molar refractivity (Wildman–Crippen MR) is 82.7 cm³/mol. The second-order valence-corrected chi connectivity index (χ2v) is 4.94. The van der Waals surface area contributed by atoms with E-state index in [4.69, 9.17) is 13.9 Å². The van der Waals surface area contributed by atoms with Crippen LogP contribution < -0.4 is 4.74 Å². The van der Waals surface area contributed by atoms with Gasteiger partial charge in [-0.25, -0.2) is 0 Å². The number of carbonyl (C=O) groups excluding carboxylic acids is 1. The maximum absolute atomic E-state index is 11.9. The van der Waals surface area contributed by atoms with Crippen molar-refractivity contribution in [1.29, 1.82) is 0 Å². The molecule has 0 saturated heterocycles. The first kappa shape index (κ1) is 14.2. The Morgan fingerprint density at radius 2 is 1.95 bits per heavy atom. The number of carbonyl (C=O) groups is 1. The molecule has 0 saturated carbocycles. The van der Waals surface area contributed by atoms with Crippen molar-refractivity contribution in [1.82, 2.24) is 0 Å². The molecule has 0 amide bonds. The SMILES string of the molecule is COc1cccc(CC(=O)OCc2cc3ccccc3o2)c1. The number of benzene rings is 2. The first-order chi connectivity index (χ1) is 10.7. The van der Waals surface area contributed by atoms with Gasteiger partial charge in [-0.15, -0.1) is 0 Å². The minimum atomic E-state index is -0.297. The molecule has 0 radical (unpaired) electrons. The van der Waals surface area contributed by atoms with E-state index in [-0.39, 0.29) is 19.0 Å². The molecule has 0 fully saturated rings. The number of methoxy groups -OCH3 is 1. The Morgan fingerprint density at radius 3 is 2.77 bits per heavy atom.